The summed E-state index contributed by atoms with van der Waals surface area (Å²) in [7, 11) is 2.80. The third kappa shape index (κ3) is 4.96. The van der Waals surface area contributed by atoms with Gasteiger partial charge >= 0.3 is 6.09 Å². The van der Waals surface area contributed by atoms with Gasteiger partial charge in [-0.25, -0.2) is 22.9 Å². The number of carbonyl (C=O) groups excluding carboxylic acids is 2. The zero-order valence-corrected chi connectivity index (χ0v) is 21.7. The summed E-state index contributed by atoms with van der Waals surface area (Å²) in [6, 6.07) is 5.96. The number of fused-ring (bicyclic) bond motifs is 1. The van der Waals surface area contributed by atoms with Crippen LogP contribution in [-0.2, 0) is 9.53 Å². The number of methoxy groups -OCH3 is 2. The van der Waals surface area contributed by atoms with Crippen LogP contribution in [0.1, 0.15) is 35.7 Å². The summed E-state index contributed by atoms with van der Waals surface area (Å²) in [6.07, 6.45) is 5.65. The molecule has 0 saturated carbocycles. The number of imidazole rings is 1. The van der Waals surface area contributed by atoms with Crippen molar-refractivity contribution >= 4 is 18.1 Å². The molecule has 3 aromatic rings. The summed E-state index contributed by atoms with van der Waals surface area (Å²) in [5, 5.41) is 0. The van der Waals surface area contributed by atoms with E-state index >= 15 is 0 Å². The molecular weight excluding hydrogens is 513 g/mol. The Balaban J connectivity index is 1.49. The minimum absolute atomic E-state index is 0.0560. The summed E-state index contributed by atoms with van der Waals surface area (Å²) in [5.41, 5.74) is 2.93. The first kappa shape index (κ1) is 26.3. The Morgan fingerprint density at radius 1 is 1.10 bits per heavy atom. The molecule has 5 rings (SSSR count). The SMILES string of the molecule is COC(=O)N1C[C@H]2CCC(=Cc3ccc(-n4cnc(C)c4)c(OC)c3)C(=O)N2[C@@H](c2cc(F)c(F)c(F)c2)C1. The van der Waals surface area contributed by atoms with E-state index in [1.54, 1.807) is 24.4 Å². The molecule has 2 atom stereocenters. The van der Waals surface area contributed by atoms with Crippen LogP contribution in [0, 0.1) is 24.4 Å². The first-order valence-corrected chi connectivity index (χ1v) is 12.4. The van der Waals surface area contributed by atoms with E-state index in [-0.39, 0.29) is 24.6 Å². The zero-order valence-electron chi connectivity index (χ0n) is 21.7. The van der Waals surface area contributed by atoms with Crippen LogP contribution >= 0.6 is 0 Å². The number of carbonyl (C=O) groups is 2. The van der Waals surface area contributed by atoms with Crippen LogP contribution in [-0.4, -0.2) is 64.7 Å². The molecule has 8 nitrogen and oxygen atoms in total. The van der Waals surface area contributed by atoms with Crippen molar-refractivity contribution in [3.8, 4) is 11.4 Å². The van der Waals surface area contributed by atoms with Gasteiger partial charge in [0.2, 0.25) is 0 Å². The number of piperazine rings is 1. The van der Waals surface area contributed by atoms with Crippen LogP contribution < -0.4 is 4.74 Å². The van der Waals surface area contributed by atoms with Crippen molar-refractivity contribution in [2.24, 2.45) is 0 Å². The number of ether oxygens (including phenoxy) is 2. The molecule has 11 heteroatoms. The lowest BCUT2D eigenvalue weighted by atomic mass is 9.89. The number of hydrogen-bond acceptors (Lipinski definition) is 5. The Morgan fingerprint density at radius 2 is 1.85 bits per heavy atom. The molecule has 2 saturated heterocycles. The molecule has 1 aromatic heterocycles. The van der Waals surface area contributed by atoms with Crippen molar-refractivity contribution in [3.63, 3.8) is 0 Å². The molecule has 0 spiro atoms. The maximum Gasteiger partial charge on any atom is 0.409 e. The minimum Gasteiger partial charge on any atom is -0.495 e. The number of benzene rings is 2. The van der Waals surface area contributed by atoms with Crippen LogP contribution in [0.15, 0.2) is 48.4 Å². The Hall–Kier alpha value is -4.28. The van der Waals surface area contributed by atoms with Crippen LogP contribution in [0.3, 0.4) is 0 Å². The summed E-state index contributed by atoms with van der Waals surface area (Å²) >= 11 is 0. The van der Waals surface area contributed by atoms with Gasteiger partial charge in [-0.15, -0.1) is 0 Å². The lowest BCUT2D eigenvalue weighted by Gasteiger charge is -2.49. The molecule has 204 valence electrons. The molecule has 2 fully saturated rings. The summed E-state index contributed by atoms with van der Waals surface area (Å²) in [6.45, 7) is 2.04. The van der Waals surface area contributed by atoms with Crippen LogP contribution in [0.4, 0.5) is 18.0 Å². The van der Waals surface area contributed by atoms with Gasteiger partial charge in [0.25, 0.3) is 5.91 Å². The number of aromatic nitrogens is 2. The Bertz CT molecular complexity index is 1450. The van der Waals surface area contributed by atoms with Gasteiger partial charge in [-0.05, 0) is 61.2 Å². The lowest BCUT2D eigenvalue weighted by Crippen LogP contribution is -2.59. The number of amides is 2. The van der Waals surface area contributed by atoms with Gasteiger partial charge < -0.3 is 23.8 Å². The summed E-state index contributed by atoms with van der Waals surface area (Å²) in [5.74, 6) is -4.05. The number of piperidine rings is 1. The fourth-order valence-electron chi connectivity index (χ4n) is 5.30. The molecule has 39 heavy (non-hydrogen) atoms. The van der Waals surface area contributed by atoms with Crippen molar-refractivity contribution in [2.75, 3.05) is 27.3 Å². The molecule has 0 bridgehead atoms. The fraction of sp³-hybridized carbons (Fsp3) is 0.321. The smallest absolute Gasteiger partial charge is 0.409 e. The van der Waals surface area contributed by atoms with Gasteiger partial charge in [0.1, 0.15) is 5.75 Å². The maximum absolute atomic E-state index is 14.2. The van der Waals surface area contributed by atoms with E-state index in [0.29, 0.717) is 24.2 Å². The monoisotopic (exact) mass is 540 g/mol. The summed E-state index contributed by atoms with van der Waals surface area (Å²) < 4.78 is 54.3. The van der Waals surface area contributed by atoms with Crippen molar-refractivity contribution in [1.29, 1.82) is 0 Å². The molecule has 2 aliphatic rings. The second kappa shape index (κ2) is 10.5. The molecule has 0 N–H and O–H groups in total. The van der Waals surface area contributed by atoms with E-state index in [0.717, 1.165) is 29.1 Å². The lowest BCUT2D eigenvalue weighted by molar-refractivity contribution is -0.138. The van der Waals surface area contributed by atoms with Gasteiger partial charge in [0.15, 0.2) is 17.5 Å². The van der Waals surface area contributed by atoms with E-state index in [2.05, 4.69) is 4.98 Å². The molecule has 3 heterocycles. The molecule has 0 aliphatic carbocycles. The number of aryl methyl sites for hydroxylation is 1. The third-order valence-corrected chi connectivity index (χ3v) is 7.17. The Labute approximate surface area is 223 Å². The average molecular weight is 541 g/mol. The van der Waals surface area contributed by atoms with Crippen molar-refractivity contribution in [2.45, 2.75) is 31.8 Å². The van der Waals surface area contributed by atoms with Crippen LogP contribution in [0.2, 0.25) is 0 Å². The van der Waals surface area contributed by atoms with Gasteiger partial charge in [0, 0.05) is 24.9 Å². The fourth-order valence-corrected chi connectivity index (χ4v) is 5.30. The quantitative estimate of drug-likeness (QED) is 0.351. The predicted molar refractivity (Wildman–Crippen MR) is 136 cm³/mol. The highest BCUT2D eigenvalue weighted by molar-refractivity contribution is 5.99. The number of hydrogen-bond donors (Lipinski definition) is 0. The number of nitrogens with zero attached hydrogens (tertiary/aromatic N) is 4. The molecular formula is C28H27F3N4O4. The second-order valence-corrected chi connectivity index (χ2v) is 9.62. The third-order valence-electron chi connectivity index (χ3n) is 7.17. The first-order chi connectivity index (χ1) is 18.7. The van der Waals surface area contributed by atoms with Gasteiger partial charge in [-0.1, -0.05) is 6.07 Å². The van der Waals surface area contributed by atoms with Crippen molar-refractivity contribution in [3.05, 3.63) is 82.7 Å². The van der Waals surface area contributed by atoms with Crippen molar-refractivity contribution < 1.29 is 32.2 Å². The second-order valence-electron chi connectivity index (χ2n) is 9.62. The summed E-state index contributed by atoms with van der Waals surface area (Å²) in [4.78, 5) is 33.3. The largest absolute Gasteiger partial charge is 0.495 e. The van der Waals surface area contributed by atoms with E-state index < -0.39 is 35.6 Å². The van der Waals surface area contributed by atoms with E-state index in [9.17, 15) is 22.8 Å². The number of halogens is 3. The molecule has 0 unspecified atom stereocenters. The highest BCUT2D eigenvalue weighted by atomic mass is 19.2. The van der Waals surface area contributed by atoms with Gasteiger partial charge in [0.05, 0.1) is 44.0 Å². The Kier molecular flexibility index (Phi) is 7.07. The van der Waals surface area contributed by atoms with Crippen LogP contribution in [0.5, 0.6) is 5.75 Å². The zero-order chi connectivity index (χ0) is 27.8. The highest BCUT2D eigenvalue weighted by Gasteiger charge is 2.44. The normalized spacial score (nSPS) is 20.3. The van der Waals surface area contributed by atoms with E-state index in [1.807, 2.05) is 35.9 Å². The molecule has 0 radical (unpaired) electrons. The van der Waals surface area contributed by atoms with Gasteiger partial charge in [-0.3, -0.25) is 4.79 Å². The predicted octanol–water partition coefficient (Wildman–Crippen LogP) is 4.80. The van der Waals surface area contributed by atoms with E-state index in [4.69, 9.17) is 9.47 Å². The number of rotatable bonds is 4. The average Bonchev–Trinajstić information content (AvgIpc) is 3.37. The Morgan fingerprint density at radius 3 is 2.49 bits per heavy atom. The topological polar surface area (TPSA) is 76.9 Å². The molecule has 2 amide bonds. The molecule has 2 aliphatic heterocycles. The van der Waals surface area contributed by atoms with Crippen LogP contribution in [0.25, 0.3) is 11.8 Å². The first-order valence-electron chi connectivity index (χ1n) is 12.4. The van der Waals surface area contributed by atoms with Crippen molar-refractivity contribution in [1.82, 2.24) is 19.4 Å². The standard InChI is InChI=1S/C28H27F3N4O4/c1-16-12-34(15-32-16)23-7-4-17(9-25(23)38-2)8-18-5-6-20-13-33(28(37)39-3)14-24(35(20)27(18)36)19-10-21(29)26(31)22(30)11-19/h4,7-12,15,20,24H,5-6,13-14H2,1-3H3/t20-,24-/m1/s1. The minimum atomic E-state index is -1.59. The highest BCUT2D eigenvalue weighted by Crippen LogP contribution is 2.38. The maximum atomic E-state index is 14.2. The molecule has 2 aromatic carbocycles. The van der Waals surface area contributed by atoms with Gasteiger partial charge in [-0.2, -0.15) is 0 Å². The van der Waals surface area contributed by atoms with E-state index in [1.165, 1.54) is 12.0 Å².